The minimum absolute atomic E-state index is 0.114. The number of nitrogens with zero attached hydrogens (tertiary/aromatic N) is 4. The number of nitrogens with one attached hydrogen (secondary N) is 1. The molecule has 1 aliphatic heterocycles. The fourth-order valence-corrected chi connectivity index (χ4v) is 4.16. The number of imidazole rings is 2. The number of H-pyrrole nitrogens is 1. The molecular weight excluding hydrogens is 354 g/mol. The van der Waals surface area contributed by atoms with Crippen LogP contribution in [-0.2, 0) is 11.3 Å². The third kappa shape index (κ3) is 3.48. The highest BCUT2D eigenvalue weighted by Crippen LogP contribution is 2.28. The maximum absolute atomic E-state index is 12.7. The van der Waals surface area contributed by atoms with Gasteiger partial charge in [-0.3, -0.25) is 9.36 Å². The van der Waals surface area contributed by atoms with Gasteiger partial charge in [0.1, 0.15) is 5.82 Å². The minimum atomic E-state index is -0.159. The Morgan fingerprint density at radius 2 is 2.00 bits per heavy atom. The van der Waals surface area contributed by atoms with Crippen LogP contribution in [0.15, 0.2) is 41.5 Å². The first-order chi connectivity index (χ1) is 13.5. The van der Waals surface area contributed by atoms with Gasteiger partial charge in [0.15, 0.2) is 0 Å². The molecule has 0 aliphatic carbocycles. The highest BCUT2D eigenvalue weighted by molar-refractivity contribution is 5.77. The van der Waals surface area contributed by atoms with Crippen LogP contribution >= 0.6 is 0 Å². The zero-order valence-corrected chi connectivity index (χ0v) is 16.5. The van der Waals surface area contributed by atoms with E-state index in [1.165, 1.54) is 0 Å². The van der Waals surface area contributed by atoms with Crippen molar-refractivity contribution in [3.05, 3.63) is 53.0 Å². The molecular formula is C21H27N5O2. The normalized spacial score (nSPS) is 15.6. The number of aryl methyl sites for hydroxylation is 1. The van der Waals surface area contributed by atoms with Crippen molar-refractivity contribution in [1.82, 2.24) is 24.0 Å². The second-order valence-corrected chi connectivity index (χ2v) is 7.79. The molecule has 4 rings (SSSR count). The number of fused-ring (bicyclic) bond motifs is 1. The Balaban J connectivity index is 1.36. The van der Waals surface area contributed by atoms with Crippen LogP contribution in [0.4, 0.5) is 0 Å². The maximum atomic E-state index is 12.7. The van der Waals surface area contributed by atoms with Crippen LogP contribution in [-0.4, -0.2) is 43.0 Å². The van der Waals surface area contributed by atoms with Crippen molar-refractivity contribution in [1.29, 1.82) is 0 Å². The molecule has 1 aromatic carbocycles. The van der Waals surface area contributed by atoms with Gasteiger partial charge in [0.25, 0.3) is 0 Å². The van der Waals surface area contributed by atoms with E-state index in [9.17, 15) is 9.59 Å². The van der Waals surface area contributed by atoms with Gasteiger partial charge < -0.3 is 14.5 Å². The topological polar surface area (TPSA) is 75.9 Å². The van der Waals surface area contributed by atoms with E-state index in [-0.39, 0.29) is 11.6 Å². The van der Waals surface area contributed by atoms with E-state index >= 15 is 0 Å². The average Bonchev–Trinajstić information content (AvgIpc) is 3.30. The number of benzene rings is 1. The molecule has 0 radical (unpaired) electrons. The second-order valence-electron chi connectivity index (χ2n) is 7.79. The molecule has 0 unspecified atom stereocenters. The summed E-state index contributed by atoms with van der Waals surface area (Å²) in [5.74, 6) is 1.65. The van der Waals surface area contributed by atoms with Gasteiger partial charge in [0.2, 0.25) is 5.91 Å². The lowest BCUT2D eigenvalue weighted by Crippen LogP contribution is -2.39. The lowest BCUT2D eigenvalue weighted by molar-refractivity contribution is -0.132. The Morgan fingerprint density at radius 3 is 2.75 bits per heavy atom. The smallest absolute Gasteiger partial charge is 0.326 e. The fraction of sp³-hybridized carbons (Fsp3) is 0.476. The summed E-state index contributed by atoms with van der Waals surface area (Å²) in [5.41, 5.74) is 1.49. The number of hydrogen-bond acceptors (Lipinski definition) is 3. The lowest BCUT2D eigenvalue weighted by Gasteiger charge is -2.32. The molecule has 1 amide bonds. The summed E-state index contributed by atoms with van der Waals surface area (Å²) in [6, 6.07) is 7.97. The largest absolute Gasteiger partial charge is 0.343 e. The molecule has 0 atom stereocenters. The van der Waals surface area contributed by atoms with E-state index in [1.54, 1.807) is 4.57 Å². The molecule has 148 valence electrons. The Bertz CT molecular complexity index is 1020. The molecule has 7 heteroatoms. The Kier molecular flexibility index (Phi) is 5.07. The zero-order chi connectivity index (χ0) is 19.7. The first-order valence-electron chi connectivity index (χ1n) is 10.0. The van der Waals surface area contributed by atoms with Crippen LogP contribution in [0.25, 0.3) is 11.0 Å². The van der Waals surface area contributed by atoms with Gasteiger partial charge in [-0.05, 0) is 38.8 Å². The van der Waals surface area contributed by atoms with Crippen LogP contribution < -0.4 is 5.69 Å². The van der Waals surface area contributed by atoms with E-state index < -0.39 is 0 Å². The molecule has 0 spiro atoms. The molecule has 1 aliphatic rings. The standard InChI is InChI=1S/C21H27N5O2/c1-15(2)25-14-10-22-20(25)16-7-11-24(12-8-16)19(27)9-13-26-18-6-4-3-5-17(18)23-21(26)28/h3-6,10,14-16H,7-9,11-13H2,1-2H3,(H,23,28). The van der Waals surface area contributed by atoms with Crippen LogP contribution in [0.3, 0.4) is 0 Å². The number of aromatic nitrogens is 4. The summed E-state index contributed by atoms with van der Waals surface area (Å²) in [6.45, 7) is 6.22. The van der Waals surface area contributed by atoms with Crippen molar-refractivity contribution in [2.24, 2.45) is 0 Å². The quantitative estimate of drug-likeness (QED) is 0.738. The number of hydrogen-bond donors (Lipinski definition) is 1. The van der Waals surface area contributed by atoms with Gasteiger partial charge in [-0.2, -0.15) is 0 Å². The van der Waals surface area contributed by atoms with E-state index in [1.807, 2.05) is 41.6 Å². The molecule has 1 N–H and O–H groups in total. The summed E-state index contributed by atoms with van der Waals surface area (Å²) >= 11 is 0. The molecule has 2 aromatic heterocycles. The summed E-state index contributed by atoms with van der Waals surface area (Å²) in [5, 5.41) is 0. The van der Waals surface area contributed by atoms with Crippen molar-refractivity contribution < 1.29 is 4.79 Å². The Morgan fingerprint density at radius 1 is 1.25 bits per heavy atom. The SMILES string of the molecule is CC(C)n1ccnc1C1CCN(C(=O)CCn2c(=O)[nH]c3ccccc32)CC1. The predicted octanol–water partition coefficient (Wildman–Crippen LogP) is 2.90. The van der Waals surface area contributed by atoms with Gasteiger partial charge in [0.05, 0.1) is 11.0 Å². The Hall–Kier alpha value is -2.83. The molecule has 7 nitrogen and oxygen atoms in total. The number of amides is 1. The maximum Gasteiger partial charge on any atom is 0.326 e. The number of likely N-dealkylation sites (tertiary alicyclic amines) is 1. The number of para-hydroxylation sites is 2. The van der Waals surface area contributed by atoms with Crippen LogP contribution in [0.2, 0.25) is 0 Å². The molecule has 3 aromatic rings. The lowest BCUT2D eigenvalue weighted by atomic mass is 9.95. The first kappa shape index (κ1) is 18.5. The molecule has 1 fully saturated rings. The monoisotopic (exact) mass is 381 g/mol. The van der Waals surface area contributed by atoms with Crippen molar-refractivity contribution in [3.63, 3.8) is 0 Å². The number of carbonyl (C=O) groups is 1. The predicted molar refractivity (Wildman–Crippen MR) is 108 cm³/mol. The van der Waals surface area contributed by atoms with Crippen molar-refractivity contribution in [2.45, 2.75) is 51.6 Å². The summed E-state index contributed by atoms with van der Waals surface area (Å²) in [6.07, 6.45) is 6.11. The third-order valence-electron chi connectivity index (χ3n) is 5.70. The van der Waals surface area contributed by atoms with Crippen LogP contribution in [0.5, 0.6) is 0 Å². The zero-order valence-electron chi connectivity index (χ0n) is 16.5. The molecule has 0 saturated carbocycles. The first-order valence-corrected chi connectivity index (χ1v) is 10.0. The van der Waals surface area contributed by atoms with Crippen LogP contribution in [0.1, 0.15) is 50.9 Å². The summed E-state index contributed by atoms with van der Waals surface area (Å²) in [4.78, 5) is 34.2. The molecule has 3 heterocycles. The molecule has 28 heavy (non-hydrogen) atoms. The van der Waals surface area contributed by atoms with Gasteiger partial charge in [-0.25, -0.2) is 9.78 Å². The number of rotatable bonds is 5. The summed E-state index contributed by atoms with van der Waals surface area (Å²) in [7, 11) is 0. The van der Waals surface area contributed by atoms with Crippen molar-refractivity contribution >= 4 is 16.9 Å². The molecule has 0 bridgehead atoms. The van der Waals surface area contributed by atoms with E-state index in [0.717, 1.165) is 42.8 Å². The number of carbonyl (C=O) groups excluding carboxylic acids is 1. The third-order valence-corrected chi connectivity index (χ3v) is 5.70. The van der Waals surface area contributed by atoms with Crippen molar-refractivity contribution in [2.75, 3.05) is 13.1 Å². The highest BCUT2D eigenvalue weighted by Gasteiger charge is 2.26. The minimum Gasteiger partial charge on any atom is -0.343 e. The van der Waals surface area contributed by atoms with Crippen molar-refractivity contribution in [3.8, 4) is 0 Å². The van der Waals surface area contributed by atoms with E-state index in [2.05, 4.69) is 28.4 Å². The van der Waals surface area contributed by atoms with E-state index in [4.69, 9.17) is 0 Å². The van der Waals surface area contributed by atoms with Gasteiger partial charge >= 0.3 is 5.69 Å². The average molecular weight is 381 g/mol. The molecule has 1 saturated heterocycles. The second kappa shape index (κ2) is 7.66. The fourth-order valence-electron chi connectivity index (χ4n) is 4.16. The van der Waals surface area contributed by atoms with Gasteiger partial charge in [-0.1, -0.05) is 12.1 Å². The van der Waals surface area contributed by atoms with Crippen LogP contribution in [0, 0.1) is 0 Å². The van der Waals surface area contributed by atoms with E-state index in [0.29, 0.717) is 24.9 Å². The van der Waals surface area contributed by atoms with Gasteiger partial charge in [0, 0.05) is 50.4 Å². The van der Waals surface area contributed by atoms with Gasteiger partial charge in [-0.15, -0.1) is 0 Å². The Labute approximate surface area is 164 Å². The number of piperidine rings is 1. The number of aromatic amines is 1. The summed E-state index contributed by atoms with van der Waals surface area (Å²) < 4.78 is 3.88. The highest BCUT2D eigenvalue weighted by atomic mass is 16.2.